The van der Waals surface area contributed by atoms with Gasteiger partial charge in [0.05, 0.1) is 6.04 Å². The Labute approximate surface area is 53.4 Å². The van der Waals surface area contributed by atoms with E-state index >= 15 is 0 Å². The monoisotopic (exact) mass is 127 g/mol. The number of hydrogen-bond donors (Lipinski definition) is 2. The largest absolute Gasteiger partial charge is 0.501 e. The van der Waals surface area contributed by atoms with Crippen LogP contribution in [0.15, 0.2) is 5.76 Å². The Morgan fingerprint density at radius 1 is 1.78 bits per heavy atom. The Morgan fingerprint density at radius 3 is 3.00 bits per heavy atom. The predicted molar refractivity (Wildman–Crippen MR) is 32.9 cm³/mol. The Kier molecular flexibility index (Phi) is 1.88. The van der Waals surface area contributed by atoms with E-state index in [1.165, 1.54) is 5.94 Å². The van der Waals surface area contributed by atoms with E-state index in [1.807, 2.05) is 0 Å². The fourth-order valence-corrected chi connectivity index (χ4v) is 0.989. The van der Waals surface area contributed by atoms with Crippen LogP contribution in [0.1, 0.15) is 12.8 Å². The highest BCUT2D eigenvalue weighted by atomic mass is 16.3. The van der Waals surface area contributed by atoms with E-state index in [0.717, 1.165) is 19.4 Å². The van der Waals surface area contributed by atoms with Crippen molar-refractivity contribution >= 4 is 5.94 Å². The lowest BCUT2D eigenvalue weighted by Crippen LogP contribution is -2.23. The lowest BCUT2D eigenvalue weighted by Gasteiger charge is -2.02. The third-order valence-electron chi connectivity index (χ3n) is 1.49. The minimum absolute atomic E-state index is 0.123. The summed E-state index contributed by atoms with van der Waals surface area (Å²) in [4.78, 5) is 9.84. The Morgan fingerprint density at radius 2 is 2.56 bits per heavy atom. The van der Waals surface area contributed by atoms with Crippen LogP contribution in [0.2, 0.25) is 0 Å². The summed E-state index contributed by atoms with van der Waals surface area (Å²) in [7, 11) is 0. The molecule has 50 valence electrons. The highest BCUT2D eigenvalue weighted by molar-refractivity contribution is 5.50. The number of aliphatic hydroxyl groups is 1. The highest BCUT2D eigenvalue weighted by Gasteiger charge is 2.18. The van der Waals surface area contributed by atoms with Crippen LogP contribution in [-0.4, -0.2) is 23.6 Å². The van der Waals surface area contributed by atoms with Gasteiger partial charge in [-0.1, -0.05) is 0 Å². The number of aliphatic hydroxyl groups excluding tert-OH is 1. The van der Waals surface area contributed by atoms with Crippen molar-refractivity contribution in [3.8, 4) is 0 Å². The van der Waals surface area contributed by atoms with Crippen molar-refractivity contribution in [3.05, 3.63) is 5.76 Å². The molecule has 0 aromatic carbocycles. The van der Waals surface area contributed by atoms with Gasteiger partial charge in [0.2, 0.25) is 0 Å². The maximum atomic E-state index is 9.84. The molecule has 0 saturated carbocycles. The number of carbonyl (C=O) groups excluding carboxylic acids is 1. The summed E-state index contributed by atoms with van der Waals surface area (Å²) in [5.74, 6) is 1.28. The van der Waals surface area contributed by atoms with Crippen molar-refractivity contribution < 1.29 is 9.90 Å². The molecule has 2 N–H and O–H groups in total. The molecular formula is C6H9NO2. The summed E-state index contributed by atoms with van der Waals surface area (Å²) in [6, 6.07) is -0.123. The second-order valence-corrected chi connectivity index (χ2v) is 2.14. The second-order valence-electron chi connectivity index (χ2n) is 2.14. The lowest BCUT2D eigenvalue weighted by atomic mass is 10.2. The van der Waals surface area contributed by atoms with Gasteiger partial charge in [0, 0.05) is 0 Å². The van der Waals surface area contributed by atoms with Gasteiger partial charge in [-0.05, 0) is 19.4 Å². The highest BCUT2D eigenvalue weighted by Crippen LogP contribution is 2.08. The molecule has 1 aliphatic rings. The van der Waals surface area contributed by atoms with Gasteiger partial charge in [0.1, 0.15) is 0 Å². The number of rotatable bonds is 1. The fraction of sp³-hybridized carbons (Fsp3) is 0.667. The molecule has 1 fully saturated rings. The van der Waals surface area contributed by atoms with Crippen molar-refractivity contribution in [2.75, 3.05) is 6.54 Å². The third kappa shape index (κ3) is 1.31. The molecule has 0 aliphatic carbocycles. The predicted octanol–water partition coefficient (Wildman–Crippen LogP) is 0.0119. The Hall–Kier alpha value is -0.790. The van der Waals surface area contributed by atoms with E-state index in [9.17, 15) is 4.79 Å². The summed E-state index contributed by atoms with van der Waals surface area (Å²) in [6.07, 6.45) is 1.87. The van der Waals surface area contributed by atoms with E-state index in [4.69, 9.17) is 5.11 Å². The quantitative estimate of drug-likeness (QED) is 0.385. The van der Waals surface area contributed by atoms with Gasteiger partial charge >= 0.3 is 0 Å². The Bertz CT molecular complexity index is 143. The van der Waals surface area contributed by atoms with Crippen LogP contribution >= 0.6 is 0 Å². The van der Waals surface area contributed by atoms with E-state index in [-0.39, 0.29) is 11.8 Å². The second kappa shape index (κ2) is 2.67. The molecular weight excluding hydrogens is 118 g/mol. The summed E-state index contributed by atoms with van der Waals surface area (Å²) in [5, 5.41) is 11.7. The molecule has 0 amide bonds. The fourth-order valence-electron chi connectivity index (χ4n) is 0.989. The molecule has 0 aromatic rings. The maximum absolute atomic E-state index is 9.84. The normalized spacial score (nSPS) is 25.6. The minimum Gasteiger partial charge on any atom is -0.501 e. The van der Waals surface area contributed by atoms with Crippen LogP contribution in [0.5, 0.6) is 0 Å². The van der Waals surface area contributed by atoms with Gasteiger partial charge in [-0.3, -0.25) is 0 Å². The third-order valence-corrected chi connectivity index (χ3v) is 1.49. The number of nitrogens with one attached hydrogen (secondary N) is 1. The zero-order chi connectivity index (χ0) is 6.69. The van der Waals surface area contributed by atoms with E-state index in [0.29, 0.717) is 0 Å². The molecule has 0 spiro atoms. The standard InChI is InChI=1S/C6H9NO2/c8-4-6(9)5-2-1-3-7-5/h5,7,9H,1-3H2. The molecule has 9 heavy (non-hydrogen) atoms. The zero-order valence-corrected chi connectivity index (χ0v) is 5.05. The minimum atomic E-state index is -0.187. The van der Waals surface area contributed by atoms with Crippen LogP contribution < -0.4 is 5.32 Å². The summed E-state index contributed by atoms with van der Waals surface area (Å²) in [5.41, 5.74) is 0. The molecule has 0 bridgehead atoms. The lowest BCUT2D eigenvalue weighted by molar-refractivity contribution is 0.357. The average molecular weight is 127 g/mol. The van der Waals surface area contributed by atoms with Crippen molar-refractivity contribution in [1.29, 1.82) is 0 Å². The molecule has 1 atom stereocenters. The molecule has 1 saturated heterocycles. The van der Waals surface area contributed by atoms with Crippen molar-refractivity contribution in [2.24, 2.45) is 0 Å². The van der Waals surface area contributed by atoms with Gasteiger partial charge in [-0.2, -0.15) is 0 Å². The molecule has 1 heterocycles. The molecule has 1 aliphatic heterocycles. The SMILES string of the molecule is O=C=C(O)C1CCCN1. The van der Waals surface area contributed by atoms with Gasteiger partial charge in [-0.25, -0.2) is 4.79 Å². The molecule has 1 rings (SSSR count). The first-order valence-electron chi connectivity index (χ1n) is 3.02. The van der Waals surface area contributed by atoms with Crippen molar-refractivity contribution in [3.63, 3.8) is 0 Å². The summed E-state index contributed by atoms with van der Waals surface area (Å²) in [6.45, 7) is 0.885. The van der Waals surface area contributed by atoms with Crippen molar-refractivity contribution in [2.45, 2.75) is 18.9 Å². The topological polar surface area (TPSA) is 49.3 Å². The summed E-state index contributed by atoms with van der Waals surface area (Å²) >= 11 is 0. The van der Waals surface area contributed by atoms with Crippen LogP contribution in [0, 0.1) is 0 Å². The van der Waals surface area contributed by atoms with Crippen LogP contribution in [0.4, 0.5) is 0 Å². The van der Waals surface area contributed by atoms with Gasteiger partial charge in [0.25, 0.3) is 0 Å². The first-order valence-corrected chi connectivity index (χ1v) is 3.02. The Balaban J connectivity index is 2.51. The van der Waals surface area contributed by atoms with E-state index < -0.39 is 0 Å². The first-order chi connectivity index (χ1) is 4.34. The molecule has 3 heteroatoms. The average Bonchev–Trinajstić information content (AvgIpc) is 2.37. The molecule has 0 aromatic heterocycles. The summed E-state index contributed by atoms with van der Waals surface area (Å²) < 4.78 is 0. The van der Waals surface area contributed by atoms with Crippen LogP contribution in [0.25, 0.3) is 0 Å². The molecule has 1 unspecified atom stereocenters. The van der Waals surface area contributed by atoms with Gasteiger partial charge in [-0.15, -0.1) is 0 Å². The van der Waals surface area contributed by atoms with Gasteiger partial charge in [0.15, 0.2) is 11.7 Å². The van der Waals surface area contributed by atoms with Crippen LogP contribution in [0.3, 0.4) is 0 Å². The zero-order valence-electron chi connectivity index (χ0n) is 5.05. The molecule has 0 radical (unpaired) electrons. The number of hydrogen-bond acceptors (Lipinski definition) is 3. The van der Waals surface area contributed by atoms with E-state index in [2.05, 4.69) is 5.32 Å². The van der Waals surface area contributed by atoms with Crippen molar-refractivity contribution in [1.82, 2.24) is 5.32 Å². The van der Waals surface area contributed by atoms with E-state index in [1.54, 1.807) is 0 Å². The maximum Gasteiger partial charge on any atom is 0.194 e. The molecule has 3 nitrogen and oxygen atoms in total. The van der Waals surface area contributed by atoms with Crippen LogP contribution in [-0.2, 0) is 4.79 Å². The smallest absolute Gasteiger partial charge is 0.194 e. The first kappa shape index (κ1) is 6.33. The van der Waals surface area contributed by atoms with Gasteiger partial charge < -0.3 is 10.4 Å².